The Kier molecular flexibility index (Phi) is 10.9. The zero-order valence-corrected chi connectivity index (χ0v) is 19.0. The molecule has 15 heteroatoms. The molecule has 9 nitrogen and oxygen atoms in total. The van der Waals surface area contributed by atoms with Gasteiger partial charge in [-0.1, -0.05) is 6.07 Å². The van der Waals surface area contributed by atoms with Crippen LogP contribution < -0.4 is 0 Å². The predicted molar refractivity (Wildman–Crippen MR) is 111 cm³/mol. The number of carboxylic acids is 2. The molecule has 1 aliphatic rings. The highest BCUT2D eigenvalue weighted by Crippen LogP contribution is 2.26. The minimum Gasteiger partial charge on any atom is -0.475 e. The van der Waals surface area contributed by atoms with E-state index in [4.69, 9.17) is 24.2 Å². The fourth-order valence-corrected chi connectivity index (χ4v) is 3.24. The van der Waals surface area contributed by atoms with Crippen molar-refractivity contribution in [1.29, 1.82) is 0 Å². The number of carbonyl (C=O) groups is 3. The van der Waals surface area contributed by atoms with Crippen LogP contribution in [0.25, 0.3) is 0 Å². The summed E-state index contributed by atoms with van der Waals surface area (Å²) in [6.07, 6.45) is -3.19. The van der Waals surface area contributed by atoms with Crippen molar-refractivity contribution in [2.45, 2.75) is 37.3 Å². The molecule has 1 aliphatic heterocycles. The van der Waals surface area contributed by atoms with E-state index in [0.717, 1.165) is 24.9 Å². The number of furan rings is 1. The predicted octanol–water partition coefficient (Wildman–Crippen LogP) is 3.33. The molecular weight excluding hydrogens is 504 g/mol. The van der Waals surface area contributed by atoms with Crippen molar-refractivity contribution in [3.8, 4) is 0 Å². The Bertz CT molecular complexity index is 956. The second kappa shape index (κ2) is 12.9. The van der Waals surface area contributed by atoms with Gasteiger partial charge in [0, 0.05) is 25.0 Å². The molecule has 3 rings (SSSR count). The fourth-order valence-electron chi connectivity index (χ4n) is 3.24. The summed E-state index contributed by atoms with van der Waals surface area (Å²) in [4.78, 5) is 38.8. The zero-order chi connectivity index (χ0) is 27.7. The number of alkyl halides is 6. The number of likely N-dealkylation sites (N-methyl/N-ethyl adjacent to an activating group) is 1. The summed E-state index contributed by atoms with van der Waals surface area (Å²) in [6, 6.07) is 7.97. The Morgan fingerprint density at radius 1 is 1.06 bits per heavy atom. The molecule has 1 amide bonds. The SMILES string of the molecule is CN(C)[C@@H]1CCN(C(=O)c2ccco2)[C@H]1Cc1cccnc1.O=C(O)C(F)(F)F.O=C(O)C(F)(F)F. The smallest absolute Gasteiger partial charge is 0.475 e. The second-order valence-electron chi connectivity index (χ2n) is 7.53. The number of hydrogen-bond acceptors (Lipinski definition) is 6. The maximum atomic E-state index is 12.7. The zero-order valence-electron chi connectivity index (χ0n) is 19.0. The summed E-state index contributed by atoms with van der Waals surface area (Å²) in [5, 5.41) is 14.2. The summed E-state index contributed by atoms with van der Waals surface area (Å²) in [6.45, 7) is 0.757. The molecule has 0 bridgehead atoms. The van der Waals surface area contributed by atoms with Crippen LogP contribution in [0.3, 0.4) is 0 Å². The molecule has 200 valence electrons. The number of likely N-dealkylation sites (tertiary alicyclic amines) is 1. The van der Waals surface area contributed by atoms with Gasteiger partial charge < -0.3 is 24.4 Å². The molecule has 0 aliphatic carbocycles. The molecule has 36 heavy (non-hydrogen) atoms. The first-order valence-corrected chi connectivity index (χ1v) is 10.1. The lowest BCUT2D eigenvalue weighted by atomic mass is 10.0. The number of carbonyl (C=O) groups excluding carboxylic acids is 1. The van der Waals surface area contributed by atoms with Crippen LogP contribution in [0, 0.1) is 0 Å². The third-order valence-corrected chi connectivity index (χ3v) is 4.82. The first kappa shape index (κ1) is 30.4. The topological polar surface area (TPSA) is 124 Å². The second-order valence-corrected chi connectivity index (χ2v) is 7.53. The monoisotopic (exact) mass is 527 g/mol. The molecule has 0 spiro atoms. The van der Waals surface area contributed by atoms with Crippen LogP contribution in [0.5, 0.6) is 0 Å². The highest BCUT2D eigenvalue weighted by molar-refractivity contribution is 5.92. The molecular formula is C21H23F6N3O6. The first-order valence-electron chi connectivity index (χ1n) is 10.1. The number of amides is 1. The van der Waals surface area contributed by atoms with Crippen molar-refractivity contribution in [2.24, 2.45) is 0 Å². The van der Waals surface area contributed by atoms with Gasteiger partial charge in [-0.25, -0.2) is 9.59 Å². The Labute approximate surface area is 200 Å². The highest BCUT2D eigenvalue weighted by Gasteiger charge is 2.40. The largest absolute Gasteiger partial charge is 0.490 e. The molecule has 1 fully saturated rings. The summed E-state index contributed by atoms with van der Waals surface area (Å²) in [5.41, 5.74) is 1.15. The van der Waals surface area contributed by atoms with Gasteiger partial charge in [-0.15, -0.1) is 0 Å². The van der Waals surface area contributed by atoms with Crippen molar-refractivity contribution in [1.82, 2.24) is 14.8 Å². The molecule has 0 radical (unpaired) electrons. The lowest BCUT2D eigenvalue weighted by molar-refractivity contribution is -0.193. The van der Waals surface area contributed by atoms with E-state index in [2.05, 4.69) is 30.0 Å². The Morgan fingerprint density at radius 2 is 1.61 bits per heavy atom. The molecule has 0 saturated carbocycles. The number of aromatic nitrogens is 1. The summed E-state index contributed by atoms with van der Waals surface area (Å²) < 4.78 is 68.8. The lowest BCUT2D eigenvalue weighted by Crippen LogP contribution is -2.45. The summed E-state index contributed by atoms with van der Waals surface area (Å²) in [7, 11) is 4.14. The van der Waals surface area contributed by atoms with Crippen LogP contribution >= 0.6 is 0 Å². The normalized spacial score (nSPS) is 17.5. The van der Waals surface area contributed by atoms with Crippen LogP contribution in [0.4, 0.5) is 26.3 Å². The molecule has 0 aromatic carbocycles. The van der Waals surface area contributed by atoms with Crippen molar-refractivity contribution >= 4 is 17.8 Å². The van der Waals surface area contributed by atoms with Crippen molar-refractivity contribution < 1.29 is 55.4 Å². The molecule has 3 heterocycles. The van der Waals surface area contributed by atoms with Crippen LogP contribution in [0.15, 0.2) is 47.3 Å². The average Bonchev–Trinajstić information content (AvgIpc) is 3.44. The maximum Gasteiger partial charge on any atom is 0.490 e. The molecule has 2 atom stereocenters. The van der Waals surface area contributed by atoms with Gasteiger partial charge in [0.2, 0.25) is 0 Å². The Balaban J connectivity index is 0.000000383. The van der Waals surface area contributed by atoms with E-state index in [1.54, 1.807) is 24.6 Å². The van der Waals surface area contributed by atoms with Gasteiger partial charge in [-0.05, 0) is 50.7 Å². The van der Waals surface area contributed by atoms with Crippen LogP contribution in [0.1, 0.15) is 22.5 Å². The van der Waals surface area contributed by atoms with Gasteiger partial charge in [0.1, 0.15) is 0 Å². The Morgan fingerprint density at radius 3 is 2.00 bits per heavy atom. The van der Waals surface area contributed by atoms with Gasteiger partial charge in [0.05, 0.1) is 12.3 Å². The van der Waals surface area contributed by atoms with Crippen LogP contribution in [-0.4, -0.2) is 87.9 Å². The standard InChI is InChI=1S/C17H21N3O2.2C2HF3O2/c1-19(2)14-7-9-20(17(21)16-6-4-10-22-16)15(14)11-13-5-3-8-18-12-13;2*3-2(4,5)1(6)7/h3-6,8,10,12,14-15H,7,9,11H2,1-2H3;2*(H,6,7)/t14-,15+;;/m1../s1. The van der Waals surface area contributed by atoms with Gasteiger partial charge in [0.25, 0.3) is 5.91 Å². The number of pyridine rings is 1. The lowest BCUT2D eigenvalue weighted by Gasteiger charge is -2.31. The first-order chi connectivity index (χ1) is 16.6. The van der Waals surface area contributed by atoms with Crippen LogP contribution in [-0.2, 0) is 16.0 Å². The molecule has 2 aromatic rings. The van der Waals surface area contributed by atoms with E-state index >= 15 is 0 Å². The molecule has 2 aromatic heterocycles. The van der Waals surface area contributed by atoms with Gasteiger partial charge in [-0.3, -0.25) is 9.78 Å². The molecule has 0 unspecified atom stereocenters. The third kappa shape index (κ3) is 9.56. The Hall–Kier alpha value is -3.62. The number of aliphatic carboxylic acids is 2. The van der Waals surface area contributed by atoms with E-state index in [-0.39, 0.29) is 11.9 Å². The van der Waals surface area contributed by atoms with E-state index in [1.165, 1.54) is 0 Å². The van der Waals surface area contributed by atoms with Crippen molar-refractivity contribution in [3.63, 3.8) is 0 Å². The summed E-state index contributed by atoms with van der Waals surface area (Å²) >= 11 is 0. The van der Waals surface area contributed by atoms with E-state index in [0.29, 0.717) is 11.8 Å². The van der Waals surface area contributed by atoms with Crippen molar-refractivity contribution in [3.05, 3.63) is 54.2 Å². The summed E-state index contributed by atoms with van der Waals surface area (Å²) in [5.74, 6) is -5.13. The van der Waals surface area contributed by atoms with Crippen LogP contribution in [0.2, 0.25) is 0 Å². The van der Waals surface area contributed by atoms with Crippen molar-refractivity contribution in [2.75, 3.05) is 20.6 Å². The number of carboxylic acid groups (broad SMARTS) is 2. The number of nitrogens with zero attached hydrogens (tertiary/aromatic N) is 3. The molecule has 2 N–H and O–H groups in total. The van der Waals surface area contributed by atoms with E-state index in [9.17, 15) is 31.1 Å². The van der Waals surface area contributed by atoms with E-state index in [1.807, 2.05) is 17.2 Å². The minimum absolute atomic E-state index is 0.0248. The van der Waals surface area contributed by atoms with Gasteiger partial charge >= 0.3 is 24.3 Å². The quantitative estimate of drug-likeness (QED) is 0.581. The maximum absolute atomic E-state index is 12.7. The van der Waals surface area contributed by atoms with Gasteiger partial charge in [0.15, 0.2) is 5.76 Å². The molecule has 1 saturated heterocycles. The van der Waals surface area contributed by atoms with Gasteiger partial charge in [-0.2, -0.15) is 26.3 Å². The van der Waals surface area contributed by atoms with E-state index < -0.39 is 24.3 Å². The number of rotatable bonds is 4. The highest BCUT2D eigenvalue weighted by atomic mass is 19.4. The number of halogens is 6. The minimum atomic E-state index is -5.08. The third-order valence-electron chi connectivity index (χ3n) is 4.82. The average molecular weight is 527 g/mol. The number of hydrogen-bond donors (Lipinski definition) is 2. The fraction of sp³-hybridized carbons (Fsp3) is 0.429.